The van der Waals surface area contributed by atoms with Gasteiger partial charge in [0.1, 0.15) is 0 Å². The number of aromatic nitrogens is 2. The molecular weight excluding hydrogens is 678 g/mol. The minimum Gasteiger partial charge on any atom is -0.382 e. The van der Waals surface area contributed by atoms with Crippen LogP contribution in [0.25, 0.3) is 54.8 Å². The average molecular weight is 708 g/mol. The molecular formula is C50H30B2N4. The Kier molecular flexibility index (Phi) is 5.38. The number of para-hydroxylation sites is 4. The molecule has 0 spiro atoms. The van der Waals surface area contributed by atoms with E-state index in [1.165, 1.54) is 99.4 Å². The highest BCUT2D eigenvalue weighted by atomic mass is 15.2. The van der Waals surface area contributed by atoms with Gasteiger partial charge in [0.05, 0.1) is 11.4 Å². The number of hydrogen-bond acceptors (Lipinski definition) is 2. The van der Waals surface area contributed by atoms with Gasteiger partial charge < -0.3 is 18.8 Å². The fourth-order valence-corrected chi connectivity index (χ4v) is 10.9. The first-order chi connectivity index (χ1) is 27.8. The zero-order valence-electron chi connectivity index (χ0n) is 30.3. The first-order valence-corrected chi connectivity index (χ1v) is 19.6. The molecule has 6 heteroatoms. The molecule has 4 nitrogen and oxygen atoms in total. The quantitative estimate of drug-likeness (QED) is 0.167. The van der Waals surface area contributed by atoms with E-state index in [2.05, 4.69) is 201 Å². The third kappa shape index (κ3) is 3.49. The lowest BCUT2D eigenvalue weighted by atomic mass is 9.41. The molecule has 0 amide bonds. The van der Waals surface area contributed by atoms with Crippen LogP contribution in [0.2, 0.25) is 0 Å². The maximum atomic E-state index is 2.59. The molecule has 0 bridgehead atoms. The van der Waals surface area contributed by atoms with Gasteiger partial charge in [-0.15, -0.1) is 0 Å². The van der Waals surface area contributed by atoms with Crippen molar-refractivity contribution in [2.75, 3.05) is 9.80 Å². The van der Waals surface area contributed by atoms with Crippen LogP contribution in [0.1, 0.15) is 0 Å². The van der Waals surface area contributed by atoms with Crippen LogP contribution in [0.4, 0.5) is 34.1 Å². The molecule has 14 rings (SSSR count). The summed E-state index contributed by atoms with van der Waals surface area (Å²) in [7, 11) is 0. The third-order valence-corrected chi connectivity index (χ3v) is 13.0. The topological polar surface area (TPSA) is 16.3 Å². The number of anilines is 6. The van der Waals surface area contributed by atoms with E-state index in [1.54, 1.807) is 0 Å². The van der Waals surface area contributed by atoms with Crippen LogP contribution in [-0.2, 0) is 0 Å². The average Bonchev–Trinajstić information content (AvgIpc) is 3.89. The third-order valence-electron chi connectivity index (χ3n) is 13.0. The van der Waals surface area contributed by atoms with Gasteiger partial charge in [-0.3, -0.25) is 0 Å². The normalized spacial score (nSPS) is 13.9. The maximum absolute atomic E-state index is 2.59. The van der Waals surface area contributed by atoms with Crippen molar-refractivity contribution < 1.29 is 0 Å². The van der Waals surface area contributed by atoms with E-state index in [1.807, 2.05) is 0 Å². The Labute approximate surface area is 324 Å². The standard InChI is InChI=1S/C50H30B2N4/c1-3-16-35(17-4-1)55-43-23-11-20-37-38-21-9-14-31-25-27-54(47(31)38)52(45(37)43)42-30-40-39-22-10-15-32-24-26-53(48(32)39)51-41-28-33-12-7-8-13-34(33)29-44(41)56(36-18-5-2-6-19-36)50(46(40)51)49(42)55/h1-30H. The number of nitrogens with zero attached hydrogens (tertiary/aromatic N) is 4. The van der Waals surface area contributed by atoms with Crippen LogP contribution in [-0.4, -0.2) is 22.7 Å². The molecule has 4 aliphatic heterocycles. The highest BCUT2D eigenvalue weighted by Gasteiger charge is 2.49. The zero-order chi connectivity index (χ0) is 36.2. The Balaban J connectivity index is 1.22. The molecule has 0 radical (unpaired) electrons. The van der Waals surface area contributed by atoms with Crippen LogP contribution < -0.4 is 31.7 Å². The van der Waals surface area contributed by atoms with E-state index in [4.69, 9.17) is 0 Å². The minimum absolute atomic E-state index is 0.0204. The van der Waals surface area contributed by atoms with E-state index in [0.29, 0.717) is 0 Å². The van der Waals surface area contributed by atoms with E-state index in [0.717, 1.165) is 11.4 Å². The van der Waals surface area contributed by atoms with E-state index < -0.39 is 0 Å². The van der Waals surface area contributed by atoms with Crippen molar-refractivity contribution in [3.05, 3.63) is 182 Å². The van der Waals surface area contributed by atoms with Crippen molar-refractivity contribution in [2.45, 2.75) is 0 Å². The Morgan fingerprint density at radius 1 is 0.339 bits per heavy atom. The van der Waals surface area contributed by atoms with E-state index >= 15 is 0 Å². The minimum atomic E-state index is -0.0212. The van der Waals surface area contributed by atoms with Gasteiger partial charge >= 0.3 is 13.7 Å². The monoisotopic (exact) mass is 708 g/mol. The fourth-order valence-electron chi connectivity index (χ4n) is 10.9. The molecule has 6 heterocycles. The number of hydrogen-bond donors (Lipinski definition) is 0. The van der Waals surface area contributed by atoms with Crippen LogP contribution >= 0.6 is 0 Å². The number of rotatable bonds is 2. The van der Waals surface area contributed by atoms with Crippen molar-refractivity contribution >= 4 is 102 Å². The predicted molar refractivity (Wildman–Crippen MR) is 236 cm³/mol. The molecule has 0 N–H and O–H groups in total. The second-order valence-electron chi connectivity index (χ2n) is 15.7. The second-order valence-corrected chi connectivity index (χ2v) is 15.7. The maximum Gasteiger partial charge on any atom is 0.332 e. The summed E-state index contributed by atoms with van der Waals surface area (Å²) < 4.78 is 5.13. The summed E-state index contributed by atoms with van der Waals surface area (Å²) in [5.74, 6) is 0. The van der Waals surface area contributed by atoms with E-state index in [9.17, 15) is 0 Å². The van der Waals surface area contributed by atoms with Crippen molar-refractivity contribution in [2.24, 2.45) is 0 Å². The van der Waals surface area contributed by atoms with Crippen molar-refractivity contribution in [1.82, 2.24) is 8.96 Å². The van der Waals surface area contributed by atoms with Gasteiger partial charge in [-0.05, 0) is 115 Å². The Bertz CT molecular complexity index is 3350. The summed E-state index contributed by atoms with van der Waals surface area (Å²) in [4.78, 5) is 5.18. The Morgan fingerprint density at radius 2 is 0.875 bits per heavy atom. The second kappa shape index (κ2) is 10.3. The first kappa shape index (κ1) is 29.2. The van der Waals surface area contributed by atoms with Gasteiger partial charge in [-0.25, -0.2) is 0 Å². The molecule has 0 saturated carbocycles. The molecule has 0 fully saturated rings. The molecule has 0 atom stereocenters. The molecule has 10 aromatic rings. The lowest BCUT2D eigenvalue weighted by Crippen LogP contribution is -2.61. The molecule has 0 saturated heterocycles. The summed E-state index contributed by atoms with van der Waals surface area (Å²) in [5, 5.41) is 5.05. The van der Waals surface area contributed by atoms with Crippen LogP contribution in [0.5, 0.6) is 0 Å². The summed E-state index contributed by atoms with van der Waals surface area (Å²) in [6, 6.07) is 63.6. The molecule has 256 valence electrons. The van der Waals surface area contributed by atoms with Gasteiger partial charge in [-0.2, -0.15) is 0 Å². The molecule has 4 aliphatic rings. The molecule has 0 unspecified atom stereocenters. The lowest BCUT2D eigenvalue weighted by molar-refractivity contribution is 1.19. The largest absolute Gasteiger partial charge is 0.382 e. The summed E-state index contributed by atoms with van der Waals surface area (Å²) in [5.41, 5.74) is 20.4. The van der Waals surface area contributed by atoms with Gasteiger partial charge in [0.2, 0.25) is 0 Å². The van der Waals surface area contributed by atoms with Crippen molar-refractivity contribution in [3.63, 3.8) is 0 Å². The van der Waals surface area contributed by atoms with E-state index in [-0.39, 0.29) is 13.7 Å². The number of fused-ring (bicyclic) bond motifs is 10. The van der Waals surface area contributed by atoms with Gasteiger partial charge in [0.15, 0.2) is 0 Å². The Hall–Kier alpha value is -7.17. The zero-order valence-corrected chi connectivity index (χ0v) is 30.3. The van der Waals surface area contributed by atoms with Gasteiger partial charge in [0, 0.05) is 44.9 Å². The predicted octanol–water partition coefficient (Wildman–Crippen LogP) is 9.58. The molecule has 0 aliphatic carbocycles. The highest BCUT2D eigenvalue weighted by Crippen LogP contribution is 2.52. The fraction of sp³-hybridized carbons (Fsp3) is 0. The summed E-state index contributed by atoms with van der Waals surface area (Å²) in [6.07, 6.45) is 4.66. The highest BCUT2D eigenvalue weighted by molar-refractivity contribution is 6.92. The first-order valence-electron chi connectivity index (χ1n) is 19.6. The molecule has 56 heavy (non-hydrogen) atoms. The van der Waals surface area contributed by atoms with Crippen molar-refractivity contribution in [1.29, 1.82) is 0 Å². The van der Waals surface area contributed by atoms with Gasteiger partial charge in [0.25, 0.3) is 0 Å². The van der Waals surface area contributed by atoms with Crippen LogP contribution in [0, 0.1) is 0 Å². The summed E-state index contributed by atoms with van der Waals surface area (Å²) in [6.45, 7) is -0.0416. The lowest BCUT2D eigenvalue weighted by Gasteiger charge is -2.47. The molecule has 8 aromatic carbocycles. The smallest absolute Gasteiger partial charge is 0.332 e. The van der Waals surface area contributed by atoms with Crippen molar-refractivity contribution in [3.8, 4) is 22.3 Å². The number of benzene rings is 8. The summed E-state index contributed by atoms with van der Waals surface area (Å²) >= 11 is 0. The van der Waals surface area contributed by atoms with Gasteiger partial charge in [-0.1, -0.05) is 121 Å². The Morgan fingerprint density at radius 3 is 1.55 bits per heavy atom. The van der Waals surface area contributed by atoms with Crippen LogP contribution in [0.15, 0.2) is 182 Å². The van der Waals surface area contributed by atoms with Crippen LogP contribution in [0.3, 0.4) is 0 Å². The molecule has 2 aromatic heterocycles. The SMILES string of the molecule is c1ccc(N2c3cccc4c3B(c3cc5c6c(c32)N(c2ccccc2)c2cc3ccccc3cc2B6n2ccc3cccc-5c32)n2ccc3cccc-4c32)cc1.